The van der Waals surface area contributed by atoms with Crippen LogP contribution in [0, 0.1) is 0 Å². The number of hydrogen-bond acceptors (Lipinski definition) is 2. The van der Waals surface area contributed by atoms with E-state index in [1.807, 2.05) is 0 Å². The molecule has 0 unspecified atom stereocenters. The Labute approximate surface area is 92.0 Å². The van der Waals surface area contributed by atoms with Crippen molar-refractivity contribution in [2.45, 2.75) is 43.2 Å². The van der Waals surface area contributed by atoms with Crippen molar-refractivity contribution in [2.75, 3.05) is 13.1 Å². The van der Waals surface area contributed by atoms with Crippen molar-refractivity contribution < 1.29 is 0 Å². The van der Waals surface area contributed by atoms with Crippen molar-refractivity contribution in [1.29, 1.82) is 0 Å². The fraction of sp³-hybridized carbons (Fsp3) is 1.00. The molecule has 2 nitrogen and oxygen atoms in total. The first-order chi connectivity index (χ1) is 5.23. The number of nitrogens with zero attached hydrogens (tertiary/aromatic N) is 1. The Morgan fingerprint density at radius 2 is 1.38 bits per heavy atom. The smallest absolute Gasteiger partial charge is 0.0262 e. The standard InChI is InChI=1S/C9H16N2.2ClH/c10-8-5-9(6-8,7-8)11-3-1-2-4-11;;/h1-7,10H2;2*1H. The highest BCUT2D eigenvalue weighted by Gasteiger charge is 2.68. The Bertz CT molecular complexity index is 182. The van der Waals surface area contributed by atoms with E-state index in [4.69, 9.17) is 5.73 Å². The zero-order valence-electron chi connectivity index (χ0n) is 7.79. The summed E-state index contributed by atoms with van der Waals surface area (Å²) in [6.07, 6.45) is 6.71. The molecule has 0 spiro atoms. The van der Waals surface area contributed by atoms with Crippen molar-refractivity contribution in [1.82, 2.24) is 4.90 Å². The SMILES string of the molecule is Cl.Cl.NC12CC(N3CCCC3)(C1)C2. The number of nitrogens with two attached hydrogens (primary N) is 1. The van der Waals surface area contributed by atoms with E-state index in [1.54, 1.807) is 0 Å². The topological polar surface area (TPSA) is 29.3 Å². The highest BCUT2D eigenvalue weighted by molar-refractivity contribution is 5.85. The van der Waals surface area contributed by atoms with Gasteiger partial charge in [-0.2, -0.15) is 0 Å². The second-order valence-electron chi connectivity index (χ2n) is 4.81. The van der Waals surface area contributed by atoms with Crippen LogP contribution < -0.4 is 5.73 Å². The lowest BCUT2D eigenvalue weighted by atomic mass is 9.44. The summed E-state index contributed by atoms with van der Waals surface area (Å²) in [5.74, 6) is 0. The van der Waals surface area contributed by atoms with Crippen molar-refractivity contribution >= 4 is 24.8 Å². The second-order valence-corrected chi connectivity index (χ2v) is 4.81. The quantitative estimate of drug-likeness (QED) is 0.733. The zero-order valence-corrected chi connectivity index (χ0v) is 9.42. The Morgan fingerprint density at radius 1 is 0.923 bits per heavy atom. The monoisotopic (exact) mass is 224 g/mol. The lowest BCUT2D eigenvalue weighted by Gasteiger charge is -2.72. The molecule has 1 saturated heterocycles. The summed E-state index contributed by atoms with van der Waals surface area (Å²) in [5.41, 5.74) is 6.92. The van der Waals surface area contributed by atoms with E-state index < -0.39 is 0 Å². The Hall–Kier alpha value is 0.500. The molecule has 0 aromatic carbocycles. The molecule has 3 saturated carbocycles. The van der Waals surface area contributed by atoms with E-state index >= 15 is 0 Å². The molecule has 1 aliphatic heterocycles. The largest absolute Gasteiger partial charge is 0.325 e. The van der Waals surface area contributed by atoms with Crippen LogP contribution in [0.2, 0.25) is 0 Å². The zero-order chi connectivity index (χ0) is 7.53. The molecule has 2 bridgehead atoms. The third kappa shape index (κ3) is 1.39. The van der Waals surface area contributed by atoms with Gasteiger partial charge >= 0.3 is 0 Å². The third-order valence-corrected chi connectivity index (χ3v) is 3.82. The molecular formula is C9H18Cl2N2. The fourth-order valence-electron chi connectivity index (χ4n) is 3.34. The number of likely N-dealkylation sites (tertiary alicyclic amines) is 1. The van der Waals surface area contributed by atoms with Crippen molar-refractivity contribution in [3.63, 3.8) is 0 Å². The number of rotatable bonds is 1. The lowest BCUT2D eigenvalue weighted by molar-refractivity contribution is -0.153. The van der Waals surface area contributed by atoms with Crippen molar-refractivity contribution in [3.05, 3.63) is 0 Å². The minimum Gasteiger partial charge on any atom is -0.325 e. The van der Waals surface area contributed by atoms with E-state index in [1.165, 1.54) is 45.2 Å². The van der Waals surface area contributed by atoms with Gasteiger partial charge in [0.1, 0.15) is 0 Å². The maximum atomic E-state index is 6.01. The van der Waals surface area contributed by atoms with Crippen LogP contribution in [-0.2, 0) is 0 Å². The van der Waals surface area contributed by atoms with Gasteiger partial charge < -0.3 is 5.73 Å². The Kier molecular flexibility index (Phi) is 2.91. The summed E-state index contributed by atoms with van der Waals surface area (Å²) in [6.45, 7) is 2.69. The van der Waals surface area contributed by atoms with E-state index in [9.17, 15) is 0 Å². The van der Waals surface area contributed by atoms with E-state index in [-0.39, 0.29) is 24.8 Å². The van der Waals surface area contributed by atoms with Gasteiger partial charge in [-0.25, -0.2) is 0 Å². The molecule has 0 aromatic rings. The summed E-state index contributed by atoms with van der Waals surface area (Å²) >= 11 is 0. The van der Waals surface area contributed by atoms with Gasteiger partial charge in [0.15, 0.2) is 0 Å². The molecular weight excluding hydrogens is 207 g/mol. The van der Waals surface area contributed by atoms with Gasteiger partial charge in [-0.1, -0.05) is 0 Å². The predicted octanol–water partition coefficient (Wildman–Crippen LogP) is 1.56. The molecule has 0 amide bonds. The minimum atomic E-state index is 0. The maximum absolute atomic E-state index is 6.01. The Morgan fingerprint density at radius 3 is 1.77 bits per heavy atom. The molecule has 3 aliphatic carbocycles. The van der Waals surface area contributed by atoms with Crippen LogP contribution in [0.3, 0.4) is 0 Å². The van der Waals surface area contributed by atoms with Crippen LogP contribution in [0.4, 0.5) is 0 Å². The van der Waals surface area contributed by atoms with Gasteiger partial charge in [-0.3, -0.25) is 4.90 Å². The number of halogens is 2. The van der Waals surface area contributed by atoms with Crippen LogP contribution in [-0.4, -0.2) is 29.1 Å². The van der Waals surface area contributed by atoms with Gasteiger partial charge in [-0.15, -0.1) is 24.8 Å². The molecule has 0 radical (unpaired) electrons. The molecule has 13 heavy (non-hydrogen) atoms. The molecule has 4 aliphatic rings. The van der Waals surface area contributed by atoms with Gasteiger partial charge in [0, 0.05) is 11.1 Å². The first-order valence-corrected chi connectivity index (χ1v) is 4.77. The third-order valence-electron chi connectivity index (χ3n) is 3.82. The van der Waals surface area contributed by atoms with Gasteiger partial charge in [0.2, 0.25) is 0 Å². The fourth-order valence-corrected chi connectivity index (χ4v) is 3.34. The van der Waals surface area contributed by atoms with E-state index in [0.717, 1.165) is 0 Å². The summed E-state index contributed by atoms with van der Waals surface area (Å²) in [5, 5.41) is 0. The molecule has 2 N–H and O–H groups in total. The highest BCUT2D eigenvalue weighted by Crippen LogP contribution is 2.62. The molecule has 4 rings (SSSR count). The van der Waals surface area contributed by atoms with Crippen LogP contribution in [0.25, 0.3) is 0 Å². The molecule has 0 aromatic heterocycles. The molecule has 0 atom stereocenters. The average Bonchev–Trinajstić information content (AvgIpc) is 2.28. The first kappa shape index (κ1) is 11.6. The Balaban J connectivity index is 0.000000422. The van der Waals surface area contributed by atoms with Gasteiger partial charge in [0.25, 0.3) is 0 Å². The van der Waals surface area contributed by atoms with Gasteiger partial charge in [-0.05, 0) is 45.2 Å². The second kappa shape index (κ2) is 3.27. The first-order valence-electron chi connectivity index (χ1n) is 4.77. The lowest BCUT2D eigenvalue weighted by Crippen LogP contribution is -2.81. The summed E-state index contributed by atoms with van der Waals surface area (Å²) in [4.78, 5) is 2.68. The predicted molar refractivity (Wildman–Crippen MR) is 58.8 cm³/mol. The molecule has 78 valence electrons. The number of hydrogen-bond donors (Lipinski definition) is 1. The minimum absolute atomic E-state index is 0. The van der Waals surface area contributed by atoms with Crippen LogP contribution in [0.5, 0.6) is 0 Å². The van der Waals surface area contributed by atoms with Crippen LogP contribution in [0.1, 0.15) is 32.1 Å². The average molecular weight is 225 g/mol. The molecule has 1 heterocycles. The highest BCUT2D eigenvalue weighted by atomic mass is 35.5. The molecule has 4 heteroatoms. The van der Waals surface area contributed by atoms with E-state index in [0.29, 0.717) is 11.1 Å². The van der Waals surface area contributed by atoms with Gasteiger partial charge in [0.05, 0.1) is 0 Å². The van der Waals surface area contributed by atoms with Crippen LogP contribution in [0.15, 0.2) is 0 Å². The van der Waals surface area contributed by atoms with Crippen molar-refractivity contribution in [2.24, 2.45) is 5.73 Å². The summed E-state index contributed by atoms with van der Waals surface area (Å²) in [7, 11) is 0. The summed E-state index contributed by atoms with van der Waals surface area (Å²) in [6, 6.07) is 0. The van der Waals surface area contributed by atoms with Crippen molar-refractivity contribution in [3.8, 4) is 0 Å². The van der Waals surface area contributed by atoms with E-state index in [2.05, 4.69) is 4.90 Å². The summed E-state index contributed by atoms with van der Waals surface area (Å²) < 4.78 is 0. The normalized spacial score (nSPS) is 46.8. The maximum Gasteiger partial charge on any atom is 0.0262 e. The molecule has 4 fully saturated rings. The van der Waals surface area contributed by atoms with Crippen LogP contribution >= 0.6 is 24.8 Å².